The van der Waals surface area contributed by atoms with Crippen molar-refractivity contribution in [1.29, 1.82) is 0 Å². The molecule has 0 bridgehead atoms. The SMILES string of the molecule is CC(C)c1[c-]nnn1C(C)C.[W]. The second-order valence-electron chi connectivity index (χ2n) is 3.28. The summed E-state index contributed by atoms with van der Waals surface area (Å²) >= 11 is 0. The molecule has 1 heterocycles. The Kier molecular flexibility index (Phi) is 4.69. The summed E-state index contributed by atoms with van der Waals surface area (Å²) < 4.78 is 1.91. The molecule has 0 spiro atoms. The summed E-state index contributed by atoms with van der Waals surface area (Å²) in [4.78, 5) is 0. The molecule has 0 N–H and O–H groups in total. The van der Waals surface area contributed by atoms with Crippen LogP contribution in [0.5, 0.6) is 0 Å². The molecule has 1 rings (SSSR count). The van der Waals surface area contributed by atoms with Crippen LogP contribution in [0.25, 0.3) is 0 Å². The van der Waals surface area contributed by atoms with Gasteiger partial charge in [-0.1, -0.05) is 13.8 Å². The fourth-order valence-electron chi connectivity index (χ4n) is 0.996. The van der Waals surface area contributed by atoms with E-state index in [2.05, 4.69) is 44.2 Å². The van der Waals surface area contributed by atoms with Crippen LogP contribution in [0.1, 0.15) is 45.3 Å². The van der Waals surface area contributed by atoms with Crippen molar-refractivity contribution in [3.05, 3.63) is 11.9 Å². The van der Waals surface area contributed by atoms with E-state index < -0.39 is 0 Å². The average molecular weight is 336 g/mol. The maximum atomic E-state index is 3.95. The van der Waals surface area contributed by atoms with Gasteiger partial charge in [0.15, 0.2) is 0 Å². The van der Waals surface area contributed by atoms with Crippen molar-refractivity contribution in [3.63, 3.8) is 0 Å². The van der Waals surface area contributed by atoms with Crippen molar-refractivity contribution in [2.75, 3.05) is 0 Å². The zero-order valence-corrected chi connectivity index (χ0v) is 10.8. The van der Waals surface area contributed by atoms with E-state index in [9.17, 15) is 0 Å². The van der Waals surface area contributed by atoms with Crippen LogP contribution < -0.4 is 0 Å². The Balaban J connectivity index is 0.00000121. The monoisotopic (exact) mass is 336 g/mol. The standard InChI is InChI=1S/C8H14N3.W/c1-6(2)8-5-9-10-11(8)7(3)4;/h6-7H,1-4H3;/q-1;. The van der Waals surface area contributed by atoms with Crippen molar-refractivity contribution in [2.24, 2.45) is 0 Å². The summed E-state index contributed by atoms with van der Waals surface area (Å²) in [6.45, 7) is 8.42. The van der Waals surface area contributed by atoms with Crippen molar-refractivity contribution < 1.29 is 21.1 Å². The van der Waals surface area contributed by atoms with Crippen LogP contribution in [0, 0.1) is 6.20 Å². The molecule has 0 aromatic carbocycles. The molecule has 0 aliphatic carbocycles. The van der Waals surface area contributed by atoms with E-state index in [1.807, 2.05) is 4.68 Å². The van der Waals surface area contributed by atoms with E-state index in [0.29, 0.717) is 12.0 Å². The Morgan fingerprint density at radius 2 is 1.83 bits per heavy atom. The molecule has 12 heavy (non-hydrogen) atoms. The normalized spacial score (nSPS) is 10.5. The van der Waals surface area contributed by atoms with Crippen molar-refractivity contribution in [1.82, 2.24) is 15.0 Å². The molecular formula is C8H14N3W-. The minimum atomic E-state index is 0. The molecule has 68 valence electrons. The molecule has 4 heteroatoms. The average Bonchev–Trinajstić information content (AvgIpc) is 2.32. The van der Waals surface area contributed by atoms with Crippen LogP contribution in [-0.4, -0.2) is 15.0 Å². The topological polar surface area (TPSA) is 30.7 Å². The zero-order valence-electron chi connectivity index (χ0n) is 7.90. The van der Waals surface area contributed by atoms with Gasteiger partial charge in [-0.3, -0.25) is 4.68 Å². The van der Waals surface area contributed by atoms with E-state index in [4.69, 9.17) is 0 Å². The maximum absolute atomic E-state index is 3.95. The second-order valence-corrected chi connectivity index (χ2v) is 3.28. The fourth-order valence-corrected chi connectivity index (χ4v) is 0.996. The summed E-state index contributed by atoms with van der Waals surface area (Å²) in [6, 6.07) is 0.381. The van der Waals surface area contributed by atoms with Gasteiger partial charge in [0.05, 0.1) is 0 Å². The Morgan fingerprint density at radius 1 is 1.25 bits per heavy atom. The smallest absolute Gasteiger partial charge is 0.0449 e. The first kappa shape index (κ1) is 11.8. The largest absolute Gasteiger partial charge is 0.351 e. The van der Waals surface area contributed by atoms with Gasteiger partial charge in [-0.2, -0.15) is 0 Å². The van der Waals surface area contributed by atoms with Crippen LogP contribution in [0.15, 0.2) is 0 Å². The minimum absolute atomic E-state index is 0. The molecule has 0 radical (unpaired) electrons. The minimum Gasteiger partial charge on any atom is -0.351 e. The van der Waals surface area contributed by atoms with E-state index in [1.165, 1.54) is 0 Å². The first-order valence-electron chi connectivity index (χ1n) is 3.95. The third-order valence-electron chi connectivity index (χ3n) is 1.59. The molecule has 0 atom stereocenters. The van der Waals surface area contributed by atoms with Gasteiger partial charge in [0, 0.05) is 27.1 Å². The van der Waals surface area contributed by atoms with Gasteiger partial charge in [0.2, 0.25) is 0 Å². The predicted octanol–water partition coefficient (Wildman–Crippen LogP) is 1.78. The third kappa shape index (κ3) is 2.41. The number of nitrogens with zero attached hydrogens (tertiary/aromatic N) is 3. The molecule has 0 aliphatic heterocycles. The Hall–Kier alpha value is -0.172. The van der Waals surface area contributed by atoms with E-state index in [-0.39, 0.29) is 21.1 Å². The van der Waals surface area contributed by atoms with E-state index in [1.54, 1.807) is 0 Å². The van der Waals surface area contributed by atoms with Gasteiger partial charge >= 0.3 is 0 Å². The van der Waals surface area contributed by atoms with Gasteiger partial charge < -0.3 is 11.3 Å². The van der Waals surface area contributed by atoms with Crippen LogP contribution in [0.2, 0.25) is 0 Å². The maximum Gasteiger partial charge on any atom is 0.0449 e. The van der Waals surface area contributed by atoms with E-state index >= 15 is 0 Å². The van der Waals surface area contributed by atoms with Crippen LogP contribution >= 0.6 is 0 Å². The number of hydrogen-bond acceptors (Lipinski definition) is 2. The second kappa shape index (κ2) is 4.76. The van der Waals surface area contributed by atoms with Gasteiger partial charge in [-0.25, -0.2) is 0 Å². The van der Waals surface area contributed by atoms with Crippen LogP contribution in [0.4, 0.5) is 0 Å². The number of aromatic nitrogens is 3. The zero-order chi connectivity index (χ0) is 8.43. The van der Waals surface area contributed by atoms with E-state index in [0.717, 1.165) is 5.69 Å². The number of hydrogen-bond donors (Lipinski definition) is 0. The van der Waals surface area contributed by atoms with Gasteiger partial charge in [-0.05, 0) is 19.8 Å². The Morgan fingerprint density at radius 3 is 2.17 bits per heavy atom. The Bertz CT molecular complexity index is 207. The molecule has 0 amide bonds. The molecule has 0 unspecified atom stereocenters. The Labute approximate surface area is 87.8 Å². The quantitative estimate of drug-likeness (QED) is 0.771. The molecule has 1 aromatic rings. The summed E-state index contributed by atoms with van der Waals surface area (Å²) in [5.41, 5.74) is 1.08. The first-order chi connectivity index (χ1) is 5.13. The van der Waals surface area contributed by atoms with Crippen LogP contribution in [-0.2, 0) is 21.1 Å². The van der Waals surface area contributed by atoms with Crippen LogP contribution in [0.3, 0.4) is 0 Å². The molecule has 0 saturated carbocycles. The van der Waals surface area contributed by atoms with Gasteiger partial charge in [0.25, 0.3) is 0 Å². The summed E-state index contributed by atoms with van der Waals surface area (Å²) in [7, 11) is 0. The number of rotatable bonds is 2. The molecule has 0 saturated heterocycles. The molecule has 0 aliphatic rings. The molecule has 3 nitrogen and oxygen atoms in total. The molecule has 1 aromatic heterocycles. The summed E-state index contributed by atoms with van der Waals surface area (Å²) in [5.74, 6) is 0.451. The van der Waals surface area contributed by atoms with Gasteiger partial charge in [-0.15, -0.1) is 10.9 Å². The predicted molar refractivity (Wildman–Crippen MR) is 43.3 cm³/mol. The van der Waals surface area contributed by atoms with Crippen molar-refractivity contribution in [2.45, 2.75) is 39.7 Å². The van der Waals surface area contributed by atoms with Gasteiger partial charge in [0.1, 0.15) is 0 Å². The fraction of sp³-hybridized carbons (Fsp3) is 0.750. The molecule has 0 fully saturated rings. The van der Waals surface area contributed by atoms with Crippen molar-refractivity contribution >= 4 is 0 Å². The summed E-state index contributed by atoms with van der Waals surface area (Å²) in [6.07, 6.45) is 2.89. The molecular weight excluding hydrogens is 322 g/mol. The summed E-state index contributed by atoms with van der Waals surface area (Å²) in [5, 5.41) is 7.70. The van der Waals surface area contributed by atoms with Crippen molar-refractivity contribution in [3.8, 4) is 0 Å². The third-order valence-corrected chi connectivity index (χ3v) is 1.59. The first-order valence-corrected chi connectivity index (χ1v) is 3.95.